The lowest BCUT2D eigenvalue weighted by Gasteiger charge is -2.12. The zero-order chi connectivity index (χ0) is 14.8. The van der Waals surface area contributed by atoms with Crippen molar-refractivity contribution in [2.75, 3.05) is 11.1 Å². The van der Waals surface area contributed by atoms with Crippen molar-refractivity contribution in [3.05, 3.63) is 35.9 Å². The van der Waals surface area contributed by atoms with E-state index in [1.807, 2.05) is 11.5 Å². The minimum atomic E-state index is -4.39. The Labute approximate surface area is 113 Å². The molecule has 8 heteroatoms. The van der Waals surface area contributed by atoms with Gasteiger partial charge in [0.25, 0.3) is 0 Å². The maximum Gasteiger partial charge on any atom is 0.416 e. The number of nitrogens with one attached hydrogen (secondary N) is 1. The average Bonchev–Trinajstić information content (AvgIpc) is 2.83. The highest BCUT2D eigenvalue weighted by atomic mass is 19.4. The Kier molecular flexibility index (Phi) is 3.82. The molecule has 2 aromatic rings. The third-order valence-electron chi connectivity index (χ3n) is 2.85. The van der Waals surface area contributed by atoms with Gasteiger partial charge in [-0.3, -0.25) is 0 Å². The Morgan fingerprint density at radius 2 is 2.10 bits per heavy atom. The lowest BCUT2D eigenvalue weighted by atomic mass is 10.1. The number of halogens is 3. The molecule has 0 atom stereocenters. The average molecular weight is 285 g/mol. The van der Waals surface area contributed by atoms with Gasteiger partial charge >= 0.3 is 6.18 Å². The summed E-state index contributed by atoms with van der Waals surface area (Å²) in [4.78, 5) is 0. The third-order valence-corrected chi connectivity index (χ3v) is 2.85. The molecule has 5 nitrogen and oxygen atoms in total. The predicted octanol–water partition coefficient (Wildman–Crippen LogP) is 2.51. The number of nitrogens with zero attached hydrogens (tertiary/aromatic N) is 3. The van der Waals surface area contributed by atoms with Gasteiger partial charge in [-0.15, -0.1) is 10.2 Å². The zero-order valence-corrected chi connectivity index (χ0v) is 10.8. The van der Waals surface area contributed by atoms with Gasteiger partial charge in [-0.2, -0.15) is 13.2 Å². The Morgan fingerprint density at radius 1 is 1.35 bits per heavy atom. The number of nitrogen functional groups attached to an aromatic ring is 1. The quantitative estimate of drug-likeness (QED) is 0.847. The number of alkyl halides is 3. The van der Waals surface area contributed by atoms with E-state index in [9.17, 15) is 13.2 Å². The Hall–Kier alpha value is -2.25. The summed E-state index contributed by atoms with van der Waals surface area (Å²) in [6.45, 7) is 3.00. The standard InChI is InChI=1S/C12H14F3N5/c1-2-20-7-18-19-11(20)6-17-10-4-3-8(5-9(10)16)12(13,14)15/h3-5,7,17H,2,6,16H2,1H3. The normalized spacial score (nSPS) is 11.6. The molecule has 0 aliphatic carbocycles. The van der Waals surface area contributed by atoms with Crippen LogP contribution < -0.4 is 11.1 Å². The second-order valence-electron chi connectivity index (χ2n) is 4.19. The van der Waals surface area contributed by atoms with Crippen molar-refractivity contribution in [1.29, 1.82) is 0 Å². The van der Waals surface area contributed by atoms with Gasteiger partial charge in [0.2, 0.25) is 0 Å². The van der Waals surface area contributed by atoms with Crippen LogP contribution in [0.3, 0.4) is 0 Å². The van der Waals surface area contributed by atoms with Crippen LogP contribution in [0, 0.1) is 0 Å². The van der Waals surface area contributed by atoms with Crippen LogP contribution in [0.5, 0.6) is 0 Å². The summed E-state index contributed by atoms with van der Waals surface area (Å²) in [6, 6.07) is 3.21. The van der Waals surface area contributed by atoms with Gasteiger partial charge in [0.05, 0.1) is 23.5 Å². The molecule has 1 aromatic carbocycles. The van der Waals surface area contributed by atoms with Gasteiger partial charge in [0.1, 0.15) is 6.33 Å². The van der Waals surface area contributed by atoms with Gasteiger partial charge in [-0.25, -0.2) is 0 Å². The Morgan fingerprint density at radius 3 is 2.70 bits per heavy atom. The monoisotopic (exact) mass is 285 g/mol. The van der Waals surface area contributed by atoms with Crippen LogP contribution >= 0.6 is 0 Å². The molecule has 0 amide bonds. The van der Waals surface area contributed by atoms with Crippen molar-refractivity contribution >= 4 is 11.4 Å². The van der Waals surface area contributed by atoms with Crippen LogP contribution in [-0.4, -0.2) is 14.8 Å². The fourth-order valence-electron chi connectivity index (χ4n) is 1.75. The number of rotatable bonds is 4. The highest BCUT2D eigenvalue weighted by molar-refractivity contribution is 5.67. The zero-order valence-electron chi connectivity index (χ0n) is 10.8. The van der Waals surface area contributed by atoms with Crippen LogP contribution in [-0.2, 0) is 19.3 Å². The van der Waals surface area contributed by atoms with E-state index in [0.717, 1.165) is 12.1 Å². The van der Waals surface area contributed by atoms with Crippen molar-refractivity contribution in [3.8, 4) is 0 Å². The van der Waals surface area contributed by atoms with Gasteiger partial charge < -0.3 is 15.6 Å². The number of hydrogen-bond acceptors (Lipinski definition) is 4. The smallest absolute Gasteiger partial charge is 0.397 e. The van der Waals surface area contributed by atoms with E-state index >= 15 is 0 Å². The van der Waals surface area contributed by atoms with Crippen molar-refractivity contribution in [1.82, 2.24) is 14.8 Å². The molecular weight excluding hydrogens is 271 g/mol. The van der Waals surface area contributed by atoms with E-state index < -0.39 is 11.7 Å². The van der Waals surface area contributed by atoms with Gasteiger partial charge in [0.15, 0.2) is 5.82 Å². The molecular formula is C12H14F3N5. The molecule has 2 rings (SSSR count). The molecule has 0 saturated heterocycles. The molecule has 0 aliphatic heterocycles. The first kappa shape index (κ1) is 14.2. The van der Waals surface area contributed by atoms with Gasteiger partial charge in [0, 0.05) is 6.54 Å². The summed E-state index contributed by atoms with van der Waals surface area (Å²) in [5, 5.41) is 10.6. The van der Waals surface area contributed by atoms with E-state index in [1.54, 1.807) is 6.33 Å². The molecule has 20 heavy (non-hydrogen) atoms. The highest BCUT2D eigenvalue weighted by Gasteiger charge is 2.30. The molecule has 0 bridgehead atoms. The first-order chi connectivity index (χ1) is 9.41. The number of nitrogens with two attached hydrogens (primary N) is 1. The van der Waals surface area contributed by atoms with Gasteiger partial charge in [-0.1, -0.05) is 0 Å². The molecule has 0 fully saturated rings. The largest absolute Gasteiger partial charge is 0.416 e. The predicted molar refractivity (Wildman–Crippen MR) is 68.9 cm³/mol. The minimum absolute atomic E-state index is 0.0439. The van der Waals surface area contributed by atoms with Crippen molar-refractivity contribution in [3.63, 3.8) is 0 Å². The van der Waals surface area contributed by atoms with Crippen molar-refractivity contribution in [2.45, 2.75) is 26.2 Å². The summed E-state index contributed by atoms with van der Waals surface area (Å²) in [6.07, 6.45) is -2.80. The SMILES string of the molecule is CCn1cnnc1CNc1ccc(C(F)(F)F)cc1N. The Balaban J connectivity index is 2.11. The molecule has 0 saturated carbocycles. The van der Waals surface area contributed by atoms with Crippen molar-refractivity contribution in [2.24, 2.45) is 0 Å². The lowest BCUT2D eigenvalue weighted by Crippen LogP contribution is -2.10. The molecule has 1 heterocycles. The van der Waals surface area contributed by atoms with Crippen LogP contribution in [0.25, 0.3) is 0 Å². The fraction of sp³-hybridized carbons (Fsp3) is 0.333. The molecule has 0 radical (unpaired) electrons. The second-order valence-corrected chi connectivity index (χ2v) is 4.19. The highest BCUT2D eigenvalue weighted by Crippen LogP contribution is 2.32. The van der Waals surface area contributed by atoms with E-state index in [1.165, 1.54) is 6.07 Å². The number of aryl methyl sites for hydroxylation is 1. The summed E-state index contributed by atoms with van der Waals surface area (Å²) in [5.41, 5.74) is 5.33. The van der Waals surface area contributed by atoms with Gasteiger partial charge in [-0.05, 0) is 25.1 Å². The first-order valence-corrected chi connectivity index (χ1v) is 5.99. The Bertz CT molecular complexity index is 591. The third kappa shape index (κ3) is 3.01. The van der Waals surface area contributed by atoms with E-state index in [4.69, 9.17) is 5.73 Å². The summed E-state index contributed by atoms with van der Waals surface area (Å²) in [7, 11) is 0. The van der Waals surface area contributed by atoms with Crippen LogP contribution in [0.15, 0.2) is 24.5 Å². The summed E-state index contributed by atoms with van der Waals surface area (Å²) >= 11 is 0. The molecule has 0 spiro atoms. The lowest BCUT2D eigenvalue weighted by molar-refractivity contribution is -0.137. The summed E-state index contributed by atoms with van der Waals surface area (Å²) in [5.74, 6) is 0.687. The number of benzene rings is 1. The molecule has 108 valence electrons. The molecule has 1 aromatic heterocycles. The fourth-order valence-corrected chi connectivity index (χ4v) is 1.75. The van der Waals surface area contributed by atoms with Crippen molar-refractivity contribution < 1.29 is 13.2 Å². The maximum absolute atomic E-state index is 12.5. The van der Waals surface area contributed by atoms with Crippen LogP contribution in [0.1, 0.15) is 18.3 Å². The van der Waals surface area contributed by atoms with E-state index in [0.29, 0.717) is 24.6 Å². The van der Waals surface area contributed by atoms with E-state index in [-0.39, 0.29) is 5.69 Å². The minimum Gasteiger partial charge on any atom is -0.397 e. The van der Waals surface area contributed by atoms with Crippen LogP contribution in [0.2, 0.25) is 0 Å². The first-order valence-electron chi connectivity index (χ1n) is 5.99. The number of hydrogen-bond donors (Lipinski definition) is 2. The van der Waals surface area contributed by atoms with Crippen LogP contribution in [0.4, 0.5) is 24.5 Å². The number of aromatic nitrogens is 3. The number of anilines is 2. The van der Waals surface area contributed by atoms with E-state index in [2.05, 4.69) is 15.5 Å². The maximum atomic E-state index is 12.5. The molecule has 3 N–H and O–H groups in total. The molecule has 0 aliphatic rings. The second kappa shape index (κ2) is 5.40. The molecule has 0 unspecified atom stereocenters. The summed E-state index contributed by atoms with van der Waals surface area (Å²) < 4.78 is 39.4. The topological polar surface area (TPSA) is 68.8 Å².